The van der Waals surface area contributed by atoms with E-state index < -0.39 is 17.7 Å². The molecule has 0 atom stereocenters. The number of halogens is 3. The standard InChI is InChI=1S/C41H46F3N5O2/c42-41(43,44)36-15-12-30(13-16-36)33-14-17-38-34(25-33)26-35(40(50)51)27-39(38)32-10-8-29(9-11-32)31-18-23-48(24-19-31)21-6-3-7-37-28-49(47-46-37)22-5-2-1-4-20-45/h8-17,25-28,31H,1-7,18-24,45H2,(H,50,51). The van der Waals surface area contributed by atoms with Gasteiger partial charge in [-0.2, -0.15) is 13.2 Å². The number of fused-ring (bicyclic) bond motifs is 1. The topological polar surface area (TPSA) is 97.3 Å². The smallest absolute Gasteiger partial charge is 0.416 e. The van der Waals surface area contributed by atoms with Crippen molar-refractivity contribution in [3.8, 4) is 22.3 Å². The van der Waals surface area contributed by atoms with Gasteiger partial charge >= 0.3 is 12.1 Å². The maximum absolute atomic E-state index is 13.1. The Morgan fingerprint density at radius 1 is 0.804 bits per heavy atom. The molecule has 2 heterocycles. The van der Waals surface area contributed by atoms with Crippen LogP contribution in [-0.4, -0.2) is 57.1 Å². The summed E-state index contributed by atoms with van der Waals surface area (Å²) >= 11 is 0. The zero-order valence-corrected chi connectivity index (χ0v) is 28.9. The molecule has 0 bridgehead atoms. The van der Waals surface area contributed by atoms with E-state index in [2.05, 4.69) is 45.7 Å². The first-order chi connectivity index (χ1) is 24.7. The highest BCUT2D eigenvalue weighted by Crippen LogP contribution is 2.36. The predicted octanol–water partition coefficient (Wildman–Crippen LogP) is 9.20. The molecule has 1 aromatic heterocycles. The van der Waals surface area contributed by atoms with Crippen LogP contribution < -0.4 is 5.73 Å². The van der Waals surface area contributed by atoms with Crippen molar-refractivity contribution in [1.29, 1.82) is 0 Å². The summed E-state index contributed by atoms with van der Waals surface area (Å²) in [6.45, 7) is 4.91. The number of carboxylic acid groups (broad SMARTS) is 1. The summed E-state index contributed by atoms with van der Waals surface area (Å²) in [5.74, 6) is -0.552. The Hall–Kier alpha value is -4.54. The van der Waals surface area contributed by atoms with Crippen molar-refractivity contribution < 1.29 is 23.1 Å². The van der Waals surface area contributed by atoms with E-state index in [9.17, 15) is 23.1 Å². The van der Waals surface area contributed by atoms with Gasteiger partial charge in [0, 0.05) is 12.7 Å². The number of hydrogen-bond donors (Lipinski definition) is 2. The minimum atomic E-state index is -4.41. The second kappa shape index (κ2) is 16.7. The van der Waals surface area contributed by atoms with Crippen molar-refractivity contribution >= 4 is 16.7 Å². The van der Waals surface area contributed by atoms with Crippen molar-refractivity contribution in [1.82, 2.24) is 19.9 Å². The number of nitrogens with zero attached hydrogens (tertiary/aromatic N) is 4. The van der Waals surface area contributed by atoms with E-state index in [1.165, 1.54) is 30.5 Å². The molecule has 3 N–H and O–H groups in total. The second-order valence-electron chi connectivity index (χ2n) is 13.7. The van der Waals surface area contributed by atoms with Crippen LogP contribution in [0.5, 0.6) is 0 Å². The molecule has 5 aromatic rings. The molecule has 4 aromatic carbocycles. The van der Waals surface area contributed by atoms with Gasteiger partial charge in [0.15, 0.2) is 0 Å². The van der Waals surface area contributed by atoms with Gasteiger partial charge in [-0.15, -0.1) is 5.10 Å². The van der Waals surface area contributed by atoms with Crippen molar-refractivity contribution in [3.63, 3.8) is 0 Å². The van der Waals surface area contributed by atoms with Gasteiger partial charge in [-0.1, -0.05) is 66.6 Å². The third-order valence-corrected chi connectivity index (χ3v) is 10.1. The van der Waals surface area contributed by atoms with Crippen LogP contribution in [0.2, 0.25) is 0 Å². The first-order valence-corrected chi connectivity index (χ1v) is 18.1. The molecular weight excluding hydrogens is 651 g/mol. The highest BCUT2D eigenvalue weighted by atomic mass is 19.4. The highest BCUT2D eigenvalue weighted by Gasteiger charge is 2.30. The van der Waals surface area contributed by atoms with Crippen LogP contribution in [0.1, 0.15) is 84.5 Å². The number of rotatable bonds is 15. The number of hydrogen-bond acceptors (Lipinski definition) is 5. The molecule has 0 amide bonds. The van der Waals surface area contributed by atoms with Gasteiger partial charge < -0.3 is 15.7 Å². The van der Waals surface area contributed by atoms with Crippen LogP contribution in [0.25, 0.3) is 33.0 Å². The Bertz CT molecular complexity index is 1900. The lowest BCUT2D eigenvalue weighted by molar-refractivity contribution is -0.137. The van der Waals surface area contributed by atoms with Crippen LogP contribution in [0.4, 0.5) is 13.2 Å². The number of carboxylic acids is 1. The normalized spacial score (nSPS) is 14.4. The van der Waals surface area contributed by atoms with Gasteiger partial charge in [0.1, 0.15) is 0 Å². The summed E-state index contributed by atoms with van der Waals surface area (Å²) in [7, 11) is 0. The molecule has 7 nitrogen and oxygen atoms in total. The van der Waals surface area contributed by atoms with Crippen LogP contribution in [-0.2, 0) is 19.1 Å². The molecule has 0 aliphatic carbocycles. The number of benzene rings is 4. The monoisotopic (exact) mass is 697 g/mol. The largest absolute Gasteiger partial charge is 0.478 e. The van der Waals surface area contributed by atoms with Gasteiger partial charge in [-0.3, -0.25) is 4.68 Å². The second-order valence-corrected chi connectivity index (χ2v) is 13.7. The Balaban J connectivity index is 1.03. The van der Waals surface area contributed by atoms with Gasteiger partial charge in [0.25, 0.3) is 0 Å². The van der Waals surface area contributed by atoms with E-state index in [4.69, 9.17) is 5.73 Å². The lowest BCUT2D eigenvalue weighted by Gasteiger charge is -2.32. The number of nitrogens with two attached hydrogens (primary N) is 1. The number of carbonyl (C=O) groups is 1. The average molecular weight is 698 g/mol. The summed E-state index contributed by atoms with van der Waals surface area (Å²) in [6, 6.07) is 22.4. The molecule has 10 heteroatoms. The minimum Gasteiger partial charge on any atom is -0.478 e. The lowest BCUT2D eigenvalue weighted by atomic mass is 9.87. The predicted molar refractivity (Wildman–Crippen MR) is 196 cm³/mol. The van der Waals surface area contributed by atoms with E-state index in [0.717, 1.165) is 123 Å². The minimum absolute atomic E-state index is 0.162. The van der Waals surface area contributed by atoms with Crippen LogP contribution >= 0.6 is 0 Å². The van der Waals surface area contributed by atoms with Crippen molar-refractivity contribution in [2.24, 2.45) is 5.73 Å². The molecule has 0 radical (unpaired) electrons. The highest BCUT2D eigenvalue weighted by molar-refractivity contribution is 6.04. The van der Waals surface area contributed by atoms with Crippen LogP contribution in [0, 0.1) is 0 Å². The van der Waals surface area contributed by atoms with Gasteiger partial charge in [-0.25, -0.2) is 4.79 Å². The zero-order valence-electron chi connectivity index (χ0n) is 28.9. The Labute approximate surface area is 297 Å². The number of likely N-dealkylation sites (tertiary alicyclic amines) is 1. The maximum atomic E-state index is 13.1. The van der Waals surface area contributed by atoms with E-state index in [1.54, 1.807) is 12.1 Å². The Morgan fingerprint density at radius 3 is 2.20 bits per heavy atom. The van der Waals surface area contributed by atoms with Crippen LogP contribution in [0.3, 0.4) is 0 Å². The number of aromatic carboxylic acids is 1. The number of aryl methyl sites for hydroxylation is 2. The molecule has 268 valence electrons. The molecular formula is C41H46F3N5O2. The summed E-state index contributed by atoms with van der Waals surface area (Å²) < 4.78 is 41.2. The molecule has 0 saturated carbocycles. The Kier molecular flexibility index (Phi) is 11.8. The summed E-state index contributed by atoms with van der Waals surface area (Å²) in [5, 5.41) is 20.1. The molecule has 1 saturated heterocycles. The number of piperidine rings is 1. The lowest BCUT2D eigenvalue weighted by Crippen LogP contribution is -2.33. The molecule has 51 heavy (non-hydrogen) atoms. The summed E-state index contributed by atoms with van der Waals surface area (Å²) in [5.41, 5.74) is 10.5. The summed E-state index contributed by atoms with van der Waals surface area (Å²) in [4.78, 5) is 14.6. The van der Waals surface area contributed by atoms with E-state index in [0.29, 0.717) is 11.5 Å². The van der Waals surface area contributed by atoms with Crippen molar-refractivity contribution in [2.45, 2.75) is 76.4 Å². The molecule has 0 unspecified atom stereocenters. The third-order valence-electron chi connectivity index (χ3n) is 10.1. The average Bonchev–Trinajstić information content (AvgIpc) is 3.60. The molecule has 0 spiro atoms. The molecule has 1 aliphatic heterocycles. The number of aromatic nitrogens is 3. The first-order valence-electron chi connectivity index (χ1n) is 18.1. The van der Waals surface area contributed by atoms with Gasteiger partial charge in [-0.05, 0) is 146 Å². The van der Waals surface area contributed by atoms with E-state index in [-0.39, 0.29) is 5.56 Å². The van der Waals surface area contributed by atoms with Crippen LogP contribution in [0.15, 0.2) is 85.1 Å². The molecule has 1 fully saturated rings. The fourth-order valence-electron chi connectivity index (χ4n) is 7.16. The van der Waals surface area contributed by atoms with E-state index >= 15 is 0 Å². The number of unbranched alkanes of at least 4 members (excludes halogenated alkanes) is 4. The van der Waals surface area contributed by atoms with Gasteiger partial charge in [0.2, 0.25) is 0 Å². The maximum Gasteiger partial charge on any atom is 0.416 e. The van der Waals surface area contributed by atoms with E-state index in [1.807, 2.05) is 22.9 Å². The zero-order chi connectivity index (χ0) is 35.8. The number of alkyl halides is 3. The quantitative estimate of drug-likeness (QED) is 0.106. The van der Waals surface area contributed by atoms with Crippen molar-refractivity contribution in [3.05, 3.63) is 107 Å². The SMILES string of the molecule is NCCCCCCn1cc(CCCCN2CCC(c3ccc(-c4cc(C(=O)O)cc5cc(-c6ccc(C(F)(F)F)cc6)ccc45)cc3)CC2)nn1. The summed E-state index contributed by atoms with van der Waals surface area (Å²) in [6.07, 6.45) is 7.64. The van der Waals surface area contributed by atoms with Gasteiger partial charge in [0.05, 0.1) is 16.8 Å². The van der Waals surface area contributed by atoms with Crippen molar-refractivity contribution in [2.75, 3.05) is 26.2 Å². The molecule has 6 rings (SSSR count). The molecule has 1 aliphatic rings. The Morgan fingerprint density at radius 2 is 1.49 bits per heavy atom. The fraction of sp³-hybridized carbons (Fsp3) is 0.390. The third kappa shape index (κ3) is 9.42. The fourth-order valence-corrected chi connectivity index (χ4v) is 7.16. The first kappa shape index (κ1) is 36.3.